The van der Waals surface area contributed by atoms with Gasteiger partial charge in [-0.2, -0.15) is 0 Å². The van der Waals surface area contributed by atoms with Gasteiger partial charge >= 0.3 is 5.97 Å². The number of amides is 1. The Hall–Kier alpha value is -1.07. The predicted molar refractivity (Wildman–Crippen MR) is 67.7 cm³/mol. The molecule has 0 saturated carbocycles. The van der Waals surface area contributed by atoms with E-state index in [1.807, 2.05) is 0 Å². The third kappa shape index (κ3) is 2.45. The van der Waals surface area contributed by atoms with Gasteiger partial charge < -0.3 is 10.0 Å². The molecule has 4 nitrogen and oxygen atoms in total. The van der Waals surface area contributed by atoms with Crippen LogP contribution in [0, 0.1) is 0 Å². The van der Waals surface area contributed by atoms with Crippen LogP contribution in [0.2, 0.25) is 0 Å². The number of nitrogens with zero attached hydrogens (tertiary/aromatic N) is 1. The molecule has 1 saturated heterocycles. The molecular weight excluding hydrogens is 309 g/mol. The predicted octanol–water partition coefficient (Wildman–Crippen LogP) is 2.49. The summed E-state index contributed by atoms with van der Waals surface area (Å²) < 4.78 is 0.660. The van der Waals surface area contributed by atoms with Gasteiger partial charge in [-0.25, -0.2) is 4.79 Å². The Morgan fingerprint density at radius 1 is 1.53 bits per heavy atom. The molecule has 0 bridgehead atoms. The summed E-state index contributed by atoms with van der Waals surface area (Å²) in [6, 6.07) is 4.80. The Labute approximate surface area is 111 Å². The van der Waals surface area contributed by atoms with E-state index in [9.17, 15) is 9.59 Å². The molecule has 2 rings (SSSR count). The summed E-state index contributed by atoms with van der Waals surface area (Å²) in [4.78, 5) is 24.2. The van der Waals surface area contributed by atoms with E-state index in [2.05, 4.69) is 15.9 Å². The first-order valence-electron chi connectivity index (χ1n) is 4.96. The Kier molecular flexibility index (Phi) is 3.40. The molecule has 1 aromatic rings. The molecule has 6 heteroatoms. The molecular formula is C11H9BrClNO3. The number of hydrogen-bond donors (Lipinski definition) is 1. The van der Waals surface area contributed by atoms with Crippen LogP contribution in [0.3, 0.4) is 0 Å². The number of aromatic carboxylic acids is 1. The number of hydrogen-bond acceptors (Lipinski definition) is 2. The summed E-state index contributed by atoms with van der Waals surface area (Å²) in [6.45, 7) is 0.350. The molecule has 0 aliphatic carbocycles. The van der Waals surface area contributed by atoms with Gasteiger partial charge in [0.1, 0.15) is 0 Å². The minimum Gasteiger partial charge on any atom is -0.478 e. The van der Waals surface area contributed by atoms with Gasteiger partial charge in [-0.05, 0) is 18.2 Å². The van der Waals surface area contributed by atoms with E-state index in [1.165, 1.54) is 11.0 Å². The van der Waals surface area contributed by atoms with Crippen molar-refractivity contribution < 1.29 is 14.7 Å². The van der Waals surface area contributed by atoms with Crippen molar-refractivity contribution in [1.29, 1.82) is 0 Å². The van der Waals surface area contributed by atoms with Crippen molar-refractivity contribution in [2.45, 2.75) is 11.8 Å². The molecule has 1 atom stereocenters. The largest absolute Gasteiger partial charge is 0.478 e. The lowest BCUT2D eigenvalue weighted by Gasteiger charge is -2.18. The maximum absolute atomic E-state index is 11.7. The molecule has 1 aliphatic rings. The maximum atomic E-state index is 11.7. The third-order valence-electron chi connectivity index (χ3n) is 2.56. The molecule has 1 N–H and O–H groups in total. The highest BCUT2D eigenvalue weighted by atomic mass is 79.9. The van der Waals surface area contributed by atoms with Gasteiger partial charge in [0.25, 0.3) is 0 Å². The molecule has 1 unspecified atom stereocenters. The number of alkyl halides is 1. The third-order valence-corrected chi connectivity index (χ3v) is 3.34. The van der Waals surface area contributed by atoms with Gasteiger partial charge in [-0.3, -0.25) is 4.79 Å². The van der Waals surface area contributed by atoms with Crippen molar-refractivity contribution >= 4 is 45.1 Å². The van der Waals surface area contributed by atoms with E-state index < -0.39 is 5.97 Å². The lowest BCUT2D eigenvalue weighted by atomic mass is 10.1. The molecule has 17 heavy (non-hydrogen) atoms. The lowest BCUT2D eigenvalue weighted by molar-refractivity contribution is -0.117. The van der Waals surface area contributed by atoms with Crippen molar-refractivity contribution in [3.8, 4) is 0 Å². The van der Waals surface area contributed by atoms with Crippen LogP contribution in [0.1, 0.15) is 16.8 Å². The zero-order valence-electron chi connectivity index (χ0n) is 8.69. The molecule has 90 valence electrons. The highest BCUT2D eigenvalue weighted by Gasteiger charge is 2.31. The second-order valence-corrected chi connectivity index (χ2v) is 5.31. The normalized spacial score (nSPS) is 19.8. The van der Waals surface area contributed by atoms with E-state index in [0.717, 1.165) is 0 Å². The Bertz CT molecular complexity index is 492. The van der Waals surface area contributed by atoms with Crippen LogP contribution in [0.15, 0.2) is 22.7 Å². The SMILES string of the molecule is O=C(O)c1cc(Br)ccc1N1CC(Cl)CC1=O. The van der Waals surface area contributed by atoms with Crippen LogP contribution in [-0.4, -0.2) is 28.9 Å². The molecule has 1 aromatic carbocycles. The van der Waals surface area contributed by atoms with Gasteiger partial charge in [0, 0.05) is 17.4 Å². The van der Waals surface area contributed by atoms with Crippen LogP contribution in [0.25, 0.3) is 0 Å². The monoisotopic (exact) mass is 317 g/mol. The number of carbonyl (C=O) groups is 2. The van der Waals surface area contributed by atoms with E-state index in [4.69, 9.17) is 16.7 Å². The van der Waals surface area contributed by atoms with Gasteiger partial charge in [0.05, 0.1) is 16.6 Å². The van der Waals surface area contributed by atoms with E-state index in [0.29, 0.717) is 16.7 Å². The summed E-state index contributed by atoms with van der Waals surface area (Å²) in [5.74, 6) is -1.21. The molecule has 1 fully saturated rings. The average molecular weight is 319 g/mol. The van der Waals surface area contributed by atoms with Gasteiger partial charge in [0.15, 0.2) is 0 Å². The fraction of sp³-hybridized carbons (Fsp3) is 0.273. The Balaban J connectivity index is 2.45. The first kappa shape index (κ1) is 12.4. The number of carboxylic acid groups (broad SMARTS) is 1. The summed E-state index contributed by atoms with van der Waals surface area (Å²) >= 11 is 9.10. The van der Waals surface area contributed by atoms with E-state index in [1.54, 1.807) is 12.1 Å². The van der Waals surface area contributed by atoms with Crippen LogP contribution in [0.5, 0.6) is 0 Å². The van der Waals surface area contributed by atoms with E-state index in [-0.39, 0.29) is 23.3 Å². The number of halogens is 2. The topological polar surface area (TPSA) is 57.6 Å². The van der Waals surface area contributed by atoms with Crippen LogP contribution < -0.4 is 4.90 Å². The van der Waals surface area contributed by atoms with Crippen LogP contribution in [0.4, 0.5) is 5.69 Å². The summed E-state index contributed by atoms with van der Waals surface area (Å²) in [6.07, 6.45) is 0.247. The van der Waals surface area contributed by atoms with Crippen molar-refractivity contribution in [2.75, 3.05) is 11.4 Å². The first-order chi connectivity index (χ1) is 7.99. The Morgan fingerprint density at radius 2 is 2.24 bits per heavy atom. The van der Waals surface area contributed by atoms with Crippen molar-refractivity contribution in [1.82, 2.24) is 0 Å². The highest BCUT2D eigenvalue weighted by molar-refractivity contribution is 9.10. The number of rotatable bonds is 2. The second-order valence-electron chi connectivity index (χ2n) is 3.77. The molecule has 1 amide bonds. The molecule has 0 aromatic heterocycles. The van der Waals surface area contributed by atoms with Crippen LogP contribution in [-0.2, 0) is 4.79 Å². The van der Waals surface area contributed by atoms with Gasteiger partial charge in [-0.15, -0.1) is 11.6 Å². The summed E-state index contributed by atoms with van der Waals surface area (Å²) in [5.41, 5.74) is 0.493. The zero-order valence-corrected chi connectivity index (χ0v) is 11.0. The zero-order chi connectivity index (χ0) is 12.6. The summed E-state index contributed by atoms with van der Waals surface area (Å²) in [5, 5.41) is 8.85. The molecule has 0 spiro atoms. The standard InChI is InChI=1S/C11H9BrClNO3/c12-6-1-2-9(8(3-6)11(16)17)14-5-7(13)4-10(14)15/h1-3,7H,4-5H2,(H,16,17). The fourth-order valence-electron chi connectivity index (χ4n) is 1.81. The second kappa shape index (κ2) is 4.66. The molecule has 1 aliphatic heterocycles. The number of carboxylic acids is 1. The first-order valence-corrected chi connectivity index (χ1v) is 6.19. The Morgan fingerprint density at radius 3 is 2.76 bits per heavy atom. The van der Waals surface area contributed by atoms with Crippen molar-refractivity contribution in [2.24, 2.45) is 0 Å². The quantitative estimate of drug-likeness (QED) is 0.852. The fourth-order valence-corrected chi connectivity index (χ4v) is 2.44. The van der Waals surface area contributed by atoms with Crippen molar-refractivity contribution in [3.63, 3.8) is 0 Å². The maximum Gasteiger partial charge on any atom is 0.337 e. The smallest absolute Gasteiger partial charge is 0.337 e. The minimum absolute atomic E-state index is 0.0958. The van der Waals surface area contributed by atoms with Crippen LogP contribution >= 0.6 is 27.5 Å². The van der Waals surface area contributed by atoms with E-state index >= 15 is 0 Å². The molecule has 0 radical (unpaired) electrons. The molecule has 1 heterocycles. The summed E-state index contributed by atoms with van der Waals surface area (Å²) in [7, 11) is 0. The number of carbonyl (C=O) groups excluding carboxylic acids is 1. The average Bonchev–Trinajstić information content (AvgIpc) is 2.57. The minimum atomic E-state index is -1.06. The van der Waals surface area contributed by atoms with Gasteiger partial charge in [0.2, 0.25) is 5.91 Å². The van der Waals surface area contributed by atoms with Crippen molar-refractivity contribution in [3.05, 3.63) is 28.2 Å². The lowest BCUT2D eigenvalue weighted by Crippen LogP contribution is -2.26. The number of benzene rings is 1. The number of anilines is 1. The van der Waals surface area contributed by atoms with Gasteiger partial charge in [-0.1, -0.05) is 15.9 Å². The highest BCUT2D eigenvalue weighted by Crippen LogP contribution is 2.29.